The van der Waals surface area contributed by atoms with E-state index in [0.29, 0.717) is 5.56 Å². The van der Waals surface area contributed by atoms with E-state index >= 15 is 0 Å². The van der Waals surface area contributed by atoms with Crippen LogP contribution >= 0.6 is 0 Å². The van der Waals surface area contributed by atoms with E-state index < -0.39 is 60.4 Å². The summed E-state index contributed by atoms with van der Waals surface area (Å²) in [6.45, 7) is -0.754. The number of hydrogen-bond donors (Lipinski definition) is 10. The van der Waals surface area contributed by atoms with Crippen LogP contribution in [0.1, 0.15) is 31.2 Å². The first-order chi connectivity index (χ1) is 19.4. The number of carbonyl (C=O) groups is 5. The van der Waals surface area contributed by atoms with Crippen LogP contribution in [0.25, 0.3) is 10.9 Å². The van der Waals surface area contributed by atoms with Crippen molar-refractivity contribution in [3.8, 4) is 0 Å². The Bertz CT molecular complexity index is 1260. The van der Waals surface area contributed by atoms with E-state index in [1.807, 2.05) is 12.1 Å². The number of aliphatic imine (C=N–C) groups is 1. The number of rotatable bonds is 17. The number of H-pyrrole nitrogens is 1. The smallest absolute Gasteiger partial charge is 0.328 e. The number of nitrogens with two attached hydrogens (primary N) is 3. The number of aliphatic hydroxyl groups excluding tert-OH is 1. The van der Waals surface area contributed by atoms with Gasteiger partial charge in [-0.1, -0.05) is 18.2 Å². The Morgan fingerprint density at radius 3 is 2.17 bits per heavy atom. The van der Waals surface area contributed by atoms with Gasteiger partial charge < -0.3 is 53.5 Å². The molecule has 1 aromatic carbocycles. The lowest BCUT2D eigenvalue weighted by molar-refractivity contribution is -0.143. The number of benzene rings is 1. The highest BCUT2D eigenvalue weighted by molar-refractivity contribution is 5.95. The van der Waals surface area contributed by atoms with Gasteiger partial charge in [-0.3, -0.25) is 24.2 Å². The molecular weight excluding hydrogens is 540 g/mol. The molecule has 0 radical (unpaired) electrons. The minimum absolute atomic E-state index is 0.0236. The minimum Gasteiger partial charge on any atom is -0.481 e. The number of nitrogens with one attached hydrogen (secondary N) is 4. The molecule has 2 rings (SSSR count). The van der Waals surface area contributed by atoms with Crippen LogP contribution in [-0.4, -0.2) is 93.2 Å². The topological polar surface area (TPSA) is 288 Å². The third-order valence-electron chi connectivity index (χ3n) is 6.11. The zero-order valence-electron chi connectivity index (χ0n) is 22.2. The lowest BCUT2D eigenvalue weighted by Crippen LogP contribution is -2.58. The molecule has 1 aromatic heterocycles. The quantitative estimate of drug-likeness (QED) is 0.0533. The van der Waals surface area contributed by atoms with Gasteiger partial charge in [0.2, 0.25) is 17.7 Å². The molecule has 16 nitrogen and oxygen atoms in total. The van der Waals surface area contributed by atoms with Crippen molar-refractivity contribution in [1.82, 2.24) is 20.9 Å². The fourth-order valence-corrected chi connectivity index (χ4v) is 3.92. The van der Waals surface area contributed by atoms with Gasteiger partial charge in [-0.25, -0.2) is 4.79 Å². The zero-order chi connectivity index (χ0) is 30.5. The SMILES string of the molecule is NC(N)=NCCCC(NC(=O)C(N)CCC(=O)O)C(=O)NC(Cc1c[nH]c2ccccc12)C(=O)NC(CO)C(=O)O. The van der Waals surface area contributed by atoms with E-state index in [9.17, 15) is 34.2 Å². The fraction of sp³-hybridized carbons (Fsp3) is 0.440. The van der Waals surface area contributed by atoms with Crippen molar-refractivity contribution in [2.75, 3.05) is 13.2 Å². The Balaban J connectivity index is 2.29. The van der Waals surface area contributed by atoms with Crippen molar-refractivity contribution in [3.05, 3.63) is 36.0 Å². The summed E-state index contributed by atoms with van der Waals surface area (Å²) in [6.07, 6.45) is 1.31. The second kappa shape index (κ2) is 15.8. The number of hydrogen-bond acceptors (Lipinski definition) is 8. The summed E-state index contributed by atoms with van der Waals surface area (Å²) >= 11 is 0. The Morgan fingerprint density at radius 2 is 1.54 bits per heavy atom. The molecule has 0 bridgehead atoms. The van der Waals surface area contributed by atoms with Crippen LogP contribution in [0.2, 0.25) is 0 Å². The maximum atomic E-state index is 13.4. The number of aliphatic hydroxyl groups is 1. The van der Waals surface area contributed by atoms with E-state index in [4.69, 9.17) is 22.3 Å². The second-order valence-corrected chi connectivity index (χ2v) is 9.26. The number of fused-ring (bicyclic) bond motifs is 1. The van der Waals surface area contributed by atoms with Gasteiger partial charge in [0.05, 0.1) is 12.6 Å². The fourth-order valence-electron chi connectivity index (χ4n) is 3.92. The Hall–Kier alpha value is -4.70. The van der Waals surface area contributed by atoms with Crippen molar-refractivity contribution in [1.29, 1.82) is 0 Å². The molecular formula is C25H36N8O8. The molecule has 1 heterocycles. The van der Waals surface area contributed by atoms with E-state index in [1.54, 1.807) is 18.3 Å². The highest BCUT2D eigenvalue weighted by Gasteiger charge is 2.31. The Labute approximate surface area is 234 Å². The summed E-state index contributed by atoms with van der Waals surface area (Å²) < 4.78 is 0. The normalized spacial score (nSPS) is 13.8. The highest BCUT2D eigenvalue weighted by atomic mass is 16.4. The number of carboxylic acids is 2. The summed E-state index contributed by atoms with van der Waals surface area (Å²) in [5.41, 5.74) is 17.9. The lowest BCUT2D eigenvalue weighted by atomic mass is 10.0. The van der Waals surface area contributed by atoms with E-state index in [-0.39, 0.29) is 44.6 Å². The van der Waals surface area contributed by atoms with Crippen molar-refractivity contribution >= 4 is 46.5 Å². The maximum absolute atomic E-state index is 13.4. The van der Waals surface area contributed by atoms with Gasteiger partial charge in [0.25, 0.3) is 0 Å². The van der Waals surface area contributed by atoms with Gasteiger partial charge in [-0.15, -0.1) is 0 Å². The second-order valence-electron chi connectivity index (χ2n) is 9.26. The van der Waals surface area contributed by atoms with Gasteiger partial charge in [-0.05, 0) is 30.9 Å². The highest BCUT2D eigenvalue weighted by Crippen LogP contribution is 2.19. The van der Waals surface area contributed by atoms with Crippen LogP contribution in [0, 0.1) is 0 Å². The number of carbonyl (C=O) groups excluding carboxylic acids is 3. The molecule has 41 heavy (non-hydrogen) atoms. The number of para-hydroxylation sites is 1. The molecule has 4 atom stereocenters. The number of guanidine groups is 1. The predicted octanol–water partition coefficient (Wildman–Crippen LogP) is -2.51. The van der Waals surface area contributed by atoms with E-state index in [2.05, 4.69) is 25.9 Å². The minimum atomic E-state index is -1.62. The van der Waals surface area contributed by atoms with Gasteiger partial charge in [-0.2, -0.15) is 0 Å². The van der Waals surface area contributed by atoms with Crippen LogP contribution in [0.5, 0.6) is 0 Å². The molecule has 0 saturated heterocycles. The van der Waals surface area contributed by atoms with Crippen LogP contribution in [-0.2, 0) is 30.4 Å². The largest absolute Gasteiger partial charge is 0.481 e. The molecule has 0 aliphatic carbocycles. The number of aromatic nitrogens is 1. The van der Waals surface area contributed by atoms with Crippen LogP contribution in [0.15, 0.2) is 35.5 Å². The number of nitrogens with zero attached hydrogens (tertiary/aromatic N) is 1. The standard InChI is InChI=1S/C25H36N8O8/c26-15(7-8-20(35)36)21(37)31-17(6-3-9-29-25(27)28)22(38)32-18(23(39)33-19(12-34)24(40)41)10-13-11-30-16-5-2-1-4-14(13)16/h1-2,4-5,11,15,17-19,30,34H,3,6-10,12,26H2,(H,31,37)(H,32,38)(H,33,39)(H,35,36)(H,40,41)(H4,27,28,29). The molecule has 0 fully saturated rings. The maximum Gasteiger partial charge on any atom is 0.328 e. The first-order valence-electron chi connectivity index (χ1n) is 12.8. The van der Waals surface area contributed by atoms with E-state index in [0.717, 1.165) is 10.9 Å². The van der Waals surface area contributed by atoms with Crippen molar-refractivity contribution < 1.29 is 39.3 Å². The van der Waals surface area contributed by atoms with Crippen molar-refractivity contribution in [2.24, 2.45) is 22.2 Å². The summed E-state index contributed by atoms with van der Waals surface area (Å²) in [5, 5.41) is 35.5. The van der Waals surface area contributed by atoms with Crippen LogP contribution in [0.4, 0.5) is 0 Å². The van der Waals surface area contributed by atoms with Crippen LogP contribution in [0.3, 0.4) is 0 Å². The molecule has 4 unspecified atom stereocenters. The van der Waals surface area contributed by atoms with Gasteiger partial charge in [0.15, 0.2) is 5.96 Å². The molecule has 2 aromatic rings. The Kier molecular flexibility index (Phi) is 12.5. The zero-order valence-corrected chi connectivity index (χ0v) is 22.2. The molecule has 0 saturated carbocycles. The third kappa shape index (κ3) is 10.4. The lowest BCUT2D eigenvalue weighted by Gasteiger charge is -2.25. The first-order valence-corrected chi connectivity index (χ1v) is 12.8. The summed E-state index contributed by atoms with van der Waals surface area (Å²) in [4.78, 5) is 68.3. The average molecular weight is 577 g/mol. The molecule has 0 aliphatic rings. The monoisotopic (exact) mass is 576 g/mol. The van der Waals surface area contributed by atoms with Crippen molar-refractivity contribution in [3.63, 3.8) is 0 Å². The van der Waals surface area contributed by atoms with Gasteiger partial charge >= 0.3 is 11.9 Å². The number of aromatic amines is 1. The van der Waals surface area contributed by atoms with E-state index in [1.165, 1.54) is 0 Å². The molecule has 0 aliphatic heterocycles. The number of carboxylic acid groups (broad SMARTS) is 2. The number of aliphatic carboxylic acids is 2. The Morgan fingerprint density at radius 1 is 0.902 bits per heavy atom. The van der Waals surface area contributed by atoms with Gasteiger partial charge in [0.1, 0.15) is 18.1 Å². The molecule has 0 spiro atoms. The number of amides is 3. The third-order valence-corrected chi connectivity index (χ3v) is 6.11. The summed E-state index contributed by atoms with van der Waals surface area (Å²) in [5.74, 6) is -5.24. The summed E-state index contributed by atoms with van der Waals surface area (Å²) in [7, 11) is 0. The molecule has 3 amide bonds. The molecule has 16 heteroatoms. The predicted molar refractivity (Wildman–Crippen MR) is 147 cm³/mol. The molecule has 224 valence electrons. The van der Waals surface area contributed by atoms with Gasteiger partial charge in [0, 0.05) is 36.5 Å². The van der Waals surface area contributed by atoms with Crippen LogP contribution < -0.4 is 33.2 Å². The average Bonchev–Trinajstić information content (AvgIpc) is 3.33. The van der Waals surface area contributed by atoms with Crippen molar-refractivity contribution in [2.45, 2.75) is 56.3 Å². The molecule has 13 N–H and O–H groups in total. The summed E-state index contributed by atoms with van der Waals surface area (Å²) in [6, 6.07) is 1.84. The first kappa shape index (κ1) is 32.5.